The largest absolute Gasteiger partial charge is 0.549 e. The Morgan fingerprint density at radius 1 is 1.56 bits per heavy atom. The Kier molecular flexibility index (Phi) is 2.77. The maximum absolute atomic E-state index is 10.2. The Labute approximate surface area is 63.8 Å². The third-order valence-corrected chi connectivity index (χ3v) is 2.16. The summed E-state index contributed by atoms with van der Waals surface area (Å²) in [5, 5.41) is 10.2. The van der Waals surface area contributed by atoms with Gasteiger partial charge >= 0.3 is 0 Å². The molecule has 0 amide bonds. The van der Waals surface area contributed by atoms with Gasteiger partial charge in [-0.1, -0.05) is 13.8 Å². The van der Waals surface area contributed by atoms with Gasteiger partial charge in [-0.2, -0.15) is 0 Å². The summed E-state index contributed by atoms with van der Waals surface area (Å²) >= 11 is 10.6. The van der Waals surface area contributed by atoms with Gasteiger partial charge in [0.15, 0.2) is 0 Å². The van der Waals surface area contributed by atoms with Crippen LogP contribution in [0.1, 0.15) is 13.8 Å². The van der Waals surface area contributed by atoms with Crippen molar-refractivity contribution in [3.8, 4) is 0 Å². The number of rotatable bonds is 2. The first-order valence-corrected chi connectivity index (χ1v) is 3.26. The van der Waals surface area contributed by atoms with E-state index in [0.717, 1.165) is 0 Å². The lowest BCUT2D eigenvalue weighted by Gasteiger charge is -2.26. The minimum Gasteiger partial charge on any atom is -0.549 e. The average Bonchev–Trinajstić information content (AvgIpc) is 1.65. The third-order valence-electron chi connectivity index (χ3n) is 1.07. The van der Waals surface area contributed by atoms with E-state index in [-0.39, 0.29) is 0 Å². The van der Waals surface area contributed by atoms with E-state index in [4.69, 9.17) is 23.2 Å². The van der Waals surface area contributed by atoms with Gasteiger partial charge in [0.25, 0.3) is 0 Å². The molecule has 0 aromatic heterocycles. The van der Waals surface area contributed by atoms with Crippen molar-refractivity contribution in [2.45, 2.75) is 18.7 Å². The number of alkyl halides is 2. The Balaban J connectivity index is 4.19. The molecule has 4 heteroatoms. The SMILES string of the molecule is CC(C)(C(=O)[O-])C(Cl)Cl. The third kappa shape index (κ3) is 2.03. The van der Waals surface area contributed by atoms with Crippen LogP contribution in [0.3, 0.4) is 0 Å². The fourth-order valence-electron chi connectivity index (χ4n) is 0.0891. The Morgan fingerprint density at radius 3 is 1.89 bits per heavy atom. The van der Waals surface area contributed by atoms with E-state index in [1.54, 1.807) is 0 Å². The number of carbonyl (C=O) groups is 1. The van der Waals surface area contributed by atoms with E-state index in [1.165, 1.54) is 13.8 Å². The Bertz CT molecular complexity index is 120. The fourth-order valence-corrected chi connectivity index (χ4v) is 0.267. The molecule has 9 heavy (non-hydrogen) atoms. The zero-order valence-electron chi connectivity index (χ0n) is 5.15. The molecule has 0 unspecified atom stereocenters. The summed E-state index contributed by atoms with van der Waals surface area (Å²) < 4.78 is 0. The predicted octanol–water partition coefficient (Wildman–Crippen LogP) is 0.566. The molecule has 0 saturated heterocycles. The molecule has 0 aromatic rings. The number of halogens is 2. The minimum absolute atomic E-state index is 0.928. The molecule has 0 aliphatic rings. The van der Waals surface area contributed by atoms with Gasteiger partial charge in [-0.3, -0.25) is 0 Å². The lowest BCUT2D eigenvalue weighted by atomic mass is 9.97. The van der Waals surface area contributed by atoms with Gasteiger partial charge in [-0.25, -0.2) is 0 Å². The summed E-state index contributed by atoms with van der Waals surface area (Å²) in [4.78, 5) is 9.25. The van der Waals surface area contributed by atoms with E-state index >= 15 is 0 Å². The van der Waals surface area contributed by atoms with Gasteiger partial charge in [-0.15, -0.1) is 23.2 Å². The summed E-state index contributed by atoms with van der Waals surface area (Å²) in [6.45, 7) is 2.82. The van der Waals surface area contributed by atoms with E-state index in [9.17, 15) is 9.90 Å². The van der Waals surface area contributed by atoms with Crippen molar-refractivity contribution in [3.63, 3.8) is 0 Å². The second-order valence-corrected chi connectivity index (χ2v) is 3.41. The number of hydrogen-bond donors (Lipinski definition) is 0. The molecule has 0 atom stereocenters. The van der Waals surface area contributed by atoms with Gasteiger partial charge in [0.1, 0.15) is 4.84 Å². The highest BCUT2D eigenvalue weighted by Crippen LogP contribution is 2.27. The lowest BCUT2D eigenvalue weighted by Crippen LogP contribution is -2.42. The molecule has 0 aliphatic heterocycles. The van der Waals surface area contributed by atoms with E-state index in [0.29, 0.717) is 0 Å². The second kappa shape index (κ2) is 2.76. The van der Waals surface area contributed by atoms with Crippen molar-refractivity contribution in [3.05, 3.63) is 0 Å². The molecule has 0 aromatic carbocycles. The number of aliphatic carboxylic acids is 1. The van der Waals surface area contributed by atoms with Crippen molar-refractivity contribution in [1.29, 1.82) is 0 Å². The van der Waals surface area contributed by atoms with Crippen molar-refractivity contribution in [2.24, 2.45) is 5.41 Å². The van der Waals surface area contributed by atoms with Crippen LogP contribution in [0.15, 0.2) is 0 Å². The smallest absolute Gasteiger partial charge is 0.118 e. The van der Waals surface area contributed by atoms with Crippen molar-refractivity contribution < 1.29 is 9.90 Å². The number of carbonyl (C=O) groups excluding carboxylic acids is 1. The van der Waals surface area contributed by atoms with Gasteiger partial charge in [0, 0.05) is 11.4 Å². The highest BCUT2D eigenvalue weighted by molar-refractivity contribution is 6.45. The van der Waals surface area contributed by atoms with Crippen molar-refractivity contribution in [2.75, 3.05) is 0 Å². The van der Waals surface area contributed by atoms with E-state index in [1.807, 2.05) is 0 Å². The maximum Gasteiger partial charge on any atom is 0.118 e. The lowest BCUT2D eigenvalue weighted by molar-refractivity contribution is -0.316. The van der Waals surface area contributed by atoms with Crippen molar-refractivity contribution in [1.82, 2.24) is 0 Å². The first-order valence-electron chi connectivity index (χ1n) is 2.38. The number of hydrogen-bond acceptors (Lipinski definition) is 2. The second-order valence-electron chi connectivity index (χ2n) is 2.31. The van der Waals surface area contributed by atoms with Crippen LogP contribution < -0.4 is 5.11 Å². The molecule has 54 valence electrons. The summed E-state index contributed by atoms with van der Waals surface area (Å²) in [5.74, 6) is -1.24. The van der Waals surface area contributed by atoms with Crippen LogP contribution in [0, 0.1) is 5.41 Å². The Hall–Kier alpha value is 0.0500. The molecular weight excluding hydrogens is 163 g/mol. The first-order chi connectivity index (χ1) is 3.89. The zero-order chi connectivity index (χ0) is 7.65. The van der Waals surface area contributed by atoms with Crippen LogP contribution in [0.2, 0.25) is 0 Å². The van der Waals surface area contributed by atoms with Crippen LogP contribution in [-0.4, -0.2) is 10.8 Å². The summed E-state index contributed by atoms with van der Waals surface area (Å²) in [7, 11) is 0. The number of carboxylic acid groups (broad SMARTS) is 1. The summed E-state index contributed by atoms with van der Waals surface area (Å²) in [5.41, 5.74) is -1.16. The van der Waals surface area contributed by atoms with Crippen LogP contribution in [0.25, 0.3) is 0 Å². The standard InChI is InChI=1S/C5H8Cl2O2/c1-5(2,3(6)7)4(8)9/h3H,1-2H3,(H,8,9)/p-1. The summed E-state index contributed by atoms with van der Waals surface area (Å²) in [6, 6.07) is 0. The molecular formula is C5H7Cl2O2-. The molecule has 0 aliphatic carbocycles. The van der Waals surface area contributed by atoms with Gasteiger partial charge < -0.3 is 9.90 Å². The molecule has 0 spiro atoms. The monoisotopic (exact) mass is 169 g/mol. The molecule has 0 bridgehead atoms. The predicted molar refractivity (Wildman–Crippen MR) is 34.3 cm³/mol. The van der Waals surface area contributed by atoms with E-state index < -0.39 is 16.2 Å². The maximum atomic E-state index is 10.2. The number of carboxylic acids is 1. The molecule has 0 saturated carbocycles. The minimum atomic E-state index is -1.24. The quantitative estimate of drug-likeness (QED) is 0.568. The Morgan fingerprint density at radius 2 is 1.89 bits per heavy atom. The zero-order valence-corrected chi connectivity index (χ0v) is 6.66. The van der Waals surface area contributed by atoms with Crippen LogP contribution in [0.5, 0.6) is 0 Å². The van der Waals surface area contributed by atoms with Crippen LogP contribution in [0.4, 0.5) is 0 Å². The molecule has 0 rings (SSSR count). The first kappa shape index (κ1) is 9.05. The molecule has 0 fully saturated rings. The normalized spacial score (nSPS) is 12.1. The molecule has 0 heterocycles. The molecule has 0 N–H and O–H groups in total. The van der Waals surface area contributed by atoms with Crippen LogP contribution in [-0.2, 0) is 4.79 Å². The molecule has 2 nitrogen and oxygen atoms in total. The van der Waals surface area contributed by atoms with Gasteiger partial charge in [0.05, 0.1) is 0 Å². The van der Waals surface area contributed by atoms with Crippen molar-refractivity contribution >= 4 is 29.2 Å². The fraction of sp³-hybridized carbons (Fsp3) is 0.800. The van der Waals surface area contributed by atoms with E-state index in [2.05, 4.69) is 0 Å². The topological polar surface area (TPSA) is 40.1 Å². The highest BCUT2D eigenvalue weighted by atomic mass is 35.5. The molecule has 0 radical (unpaired) electrons. The van der Waals surface area contributed by atoms with Gasteiger partial charge in [0.2, 0.25) is 0 Å². The van der Waals surface area contributed by atoms with Crippen LogP contribution >= 0.6 is 23.2 Å². The summed E-state index contributed by atoms with van der Waals surface area (Å²) in [6.07, 6.45) is 0. The average molecular weight is 170 g/mol. The highest BCUT2D eigenvalue weighted by Gasteiger charge is 2.27. The van der Waals surface area contributed by atoms with Gasteiger partial charge in [-0.05, 0) is 0 Å².